The lowest BCUT2D eigenvalue weighted by Crippen LogP contribution is -2.37. The Hall–Kier alpha value is -2.40. The number of carbonyl (C=O) groups is 1. The van der Waals surface area contributed by atoms with E-state index in [-0.39, 0.29) is 5.91 Å². The number of nitrogens with zero attached hydrogens (tertiary/aromatic N) is 1. The Kier molecular flexibility index (Phi) is 6.53. The van der Waals surface area contributed by atoms with Crippen molar-refractivity contribution in [3.05, 3.63) is 53.1 Å². The monoisotopic (exact) mass is 363 g/mol. The molecule has 0 aliphatic carbocycles. The number of benzene rings is 2. The van der Waals surface area contributed by atoms with Gasteiger partial charge in [0.05, 0.1) is 14.2 Å². The molecule has 0 heterocycles. The molecule has 0 fully saturated rings. The third kappa shape index (κ3) is 5.03. The van der Waals surface area contributed by atoms with E-state index in [1.807, 2.05) is 12.1 Å². The Morgan fingerprint density at radius 3 is 2.52 bits per heavy atom. The van der Waals surface area contributed by atoms with Gasteiger partial charge in [-0.3, -0.25) is 4.79 Å². The fourth-order valence-corrected chi connectivity index (χ4v) is 2.60. The van der Waals surface area contributed by atoms with Crippen LogP contribution in [-0.2, 0) is 11.3 Å². The molecule has 0 aliphatic heterocycles. The van der Waals surface area contributed by atoms with E-state index in [0.717, 1.165) is 5.56 Å². The van der Waals surface area contributed by atoms with Crippen molar-refractivity contribution in [3.63, 3.8) is 0 Å². The number of hydrogen-bond donors (Lipinski definition) is 0. The van der Waals surface area contributed by atoms with Gasteiger partial charge in [-0.15, -0.1) is 0 Å². The summed E-state index contributed by atoms with van der Waals surface area (Å²) >= 11 is 5.94. The summed E-state index contributed by atoms with van der Waals surface area (Å²) in [6, 6.07) is 12.5. The van der Waals surface area contributed by atoms with E-state index in [4.69, 9.17) is 25.8 Å². The molecule has 1 unspecified atom stereocenters. The van der Waals surface area contributed by atoms with Gasteiger partial charge in [0.2, 0.25) is 0 Å². The average Bonchev–Trinajstić information content (AvgIpc) is 2.61. The lowest BCUT2D eigenvalue weighted by molar-refractivity contribution is -0.137. The lowest BCUT2D eigenvalue weighted by Gasteiger charge is -2.23. The van der Waals surface area contributed by atoms with Crippen molar-refractivity contribution in [2.75, 3.05) is 21.3 Å². The van der Waals surface area contributed by atoms with Crippen molar-refractivity contribution in [2.24, 2.45) is 0 Å². The summed E-state index contributed by atoms with van der Waals surface area (Å²) in [5.74, 6) is 1.79. The molecule has 0 aromatic heterocycles. The van der Waals surface area contributed by atoms with Crippen LogP contribution < -0.4 is 14.2 Å². The highest BCUT2D eigenvalue weighted by Crippen LogP contribution is 2.26. The van der Waals surface area contributed by atoms with Gasteiger partial charge in [0.15, 0.2) is 6.10 Å². The van der Waals surface area contributed by atoms with Crippen molar-refractivity contribution in [3.8, 4) is 17.2 Å². The van der Waals surface area contributed by atoms with Crippen LogP contribution in [0.3, 0.4) is 0 Å². The predicted molar refractivity (Wildman–Crippen MR) is 97.6 cm³/mol. The highest BCUT2D eigenvalue weighted by Gasteiger charge is 2.20. The molecule has 0 radical (unpaired) electrons. The van der Waals surface area contributed by atoms with Gasteiger partial charge in [-0.05, 0) is 37.3 Å². The Balaban J connectivity index is 2.04. The second-order valence-corrected chi connectivity index (χ2v) is 6.03. The van der Waals surface area contributed by atoms with Crippen LogP contribution in [0.1, 0.15) is 12.5 Å². The first-order valence-corrected chi connectivity index (χ1v) is 8.20. The number of hydrogen-bond acceptors (Lipinski definition) is 4. The van der Waals surface area contributed by atoms with Gasteiger partial charge in [0.25, 0.3) is 5.91 Å². The highest BCUT2D eigenvalue weighted by atomic mass is 35.5. The second kappa shape index (κ2) is 8.62. The molecular weight excluding hydrogens is 342 g/mol. The van der Waals surface area contributed by atoms with E-state index < -0.39 is 6.10 Å². The van der Waals surface area contributed by atoms with Gasteiger partial charge in [0, 0.05) is 30.2 Å². The van der Waals surface area contributed by atoms with E-state index in [1.54, 1.807) is 63.4 Å². The largest absolute Gasteiger partial charge is 0.497 e. The zero-order valence-corrected chi connectivity index (χ0v) is 15.5. The molecule has 2 rings (SSSR count). The van der Waals surface area contributed by atoms with Gasteiger partial charge in [0.1, 0.15) is 17.2 Å². The zero-order valence-electron chi connectivity index (χ0n) is 14.8. The Bertz CT molecular complexity index is 735. The first kappa shape index (κ1) is 18.9. The summed E-state index contributed by atoms with van der Waals surface area (Å²) in [5, 5.41) is 0.563. The molecule has 6 heteroatoms. The van der Waals surface area contributed by atoms with Crippen LogP contribution >= 0.6 is 11.6 Å². The van der Waals surface area contributed by atoms with Crippen LogP contribution in [-0.4, -0.2) is 38.2 Å². The lowest BCUT2D eigenvalue weighted by atomic mass is 10.1. The minimum absolute atomic E-state index is 0.141. The molecule has 2 aromatic rings. The number of likely N-dealkylation sites (N-methyl/N-ethyl adjacent to an activating group) is 1. The van der Waals surface area contributed by atoms with E-state index in [0.29, 0.717) is 28.8 Å². The SMILES string of the molecule is COc1ccc(CN(C)C(=O)C(C)Oc2cccc(Cl)c2)c(OC)c1. The topological polar surface area (TPSA) is 48.0 Å². The standard InChI is InChI=1S/C19H22ClNO4/c1-13(25-17-7-5-6-15(20)10-17)19(22)21(2)12-14-8-9-16(23-3)11-18(14)24-4/h5-11,13H,12H2,1-4H3. The smallest absolute Gasteiger partial charge is 0.263 e. The number of ether oxygens (including phenoxy) is 3. The van der Waals surface area contributed by atoms with Gasteiger partial charge in [-0.25, -0.2) is 0 Å². The first-order valence-electron chi connectivity index (χ1n) is 7.82. The molecule has 2 aromatic carbocycles. The third-order valence-corrected chi connectivity index (χ3v) is 3.97. The molecule has 5 nitrogen and oxygen atoms in total. The molecule has 0 spiro atoms. The fourth-order valence-electron chi connectivity index (χ4n) is 2.42. The average molecular weight is 364 g/mol. The molecular formula is C19H22ClNO4. The van der Waals surface area contributed by atoms with E-state index in [1.165, 1.54) is 0 Å². The summed E-state index contributed by atoms with van der Waals surface area (Å²) < 4.78 is 16.2. The minimum Gasteiger partial charge on any atom is -0.497 e. The number of halogens is 1. The number of amides is 1. The number of carbonyl (C=O) groups excluding carboxylic acids is 1. The number of rotatable bonds is 7. The number of methoxy groups -OCH3 is 2. The van der Waals surface area contributed by atoms with E-state index >= 15 is 0 Å². The molecule has 1 atom stereocenters. The second-order valence-electron chi connectivity index (χ2n) is 5.59. The van der Waals surface area contributed by atoms with Crippen molar-refractivity contribution >= 4 is 17.5 Å². The van der Waals surface area contributed by atoms with Crippen LogP contribution in [0.15, 0.2) is 42.5 Å². The zero-order chi connectivity index (χ0) is 18.4. The van der Waals surface area contributed by atoms with Crippen molar-refractivity contribution in [1.29, 1.82) is 0 Å². The summed E-state index contributed by atoms with van der Waals surface area (Å²) in [5.41, 5.74) is 0.883. The molecule has 1 amide bonds. The maximum Gasteiger partial charge on any atom is 0.263 e. The van der Waals surface area contributed by atoms with Crippen LogP contribution in [0.2, 0.25) is 5.02 Å². The summed E-state index contributed by atoms with van der Waals surface area (Å²) in [7, 11) is 4.91. The summed E-state index contributed by atoms with van der Waals surface area (Å²) in [6.07, 6.45) is -0.632. The highest BCUT2D eigenvalue weighted by molar-refractivity contribution is 6.30. The van der Waals surface area contributed by atoms with Gasteiger partial charge >= 0.3 is 0 Å². The fraction of sp³-hybridized carbons (Fsp3) is 0.316. The van der Waals surface area contributed by atoms with E-state index in [2.05, 4.69) is 0 Å². The minimum atomic E-state index is -0.632. The van der Waals surface area contributed by atoms with Gasteiger partial charge in [-0.1, -0.05) is 17.7 Å². The van der Waals surface area contributed by atoms with Crippen LogP contribution in [0.25, 0.3) is 0 Å². The Morgan fingerprint density at radius 1 is 1.12 bits per heavy atom. The maximum atomic E-state index is 12.6. The van der Waals surface area contributed by atoms with E-state index in [9.17, 15) is 4.79 Å². The molecule has 25 heavy (non-hydrogen) atoms. The molecule has 0 aliphatic rings. The molecule has 134 valence electrons. The molecule has 0 saturated carbocycles. The first-order chi connectivity index (χ1) is 11.9. The normalized spacial score (nSPS) is 11.6. The van der Waals surface area contributed by atoms with Gasteiger partial charge in [-0.2, -0.15) is 0 Å². The van der Waals surface area contributed by atoms with Crippen molar-refractivity contribution < 1.29 is 19.0 Å². The van der Waals surface area contributed by atoms with Crippen LogP contribution in [0.5, 0.6) is 17.2 Å². The Morgan fingerprint density at radius 2 is 1.88 bits per heavy atom. The van der Waals surface area contributed by atoms with Crippen molar-refractivity contribution in [2.45, 2.75) is 19.6 Å². The molecule has 0 bridgehead atoms. The summed E-state index contributed by atoms with van der Waals surface area (Å²) in [4.78, 5) is 14.2. The van der Waals surface area contributed by atoms with Crippen LogP contribution in [0, 0.1) is 0 Å². The summed E-state index contributed by atoms with van der Waals surface area (Å²) in [6.45, 7) is 2.11. The molecule has 0 N–H and O–H groups in total. The van der Waals surface area contributed by atoms with Crippen molar-refractivity contribution in [1.82, 2.24) is 4.90 Å². The van der Waals surface area contributed by atoms with Crippen LogP contribution in [0.4, 0.5) is 0 Å². The maximum absolute atomic E-state index is 12.6. The van der Waals surface area contributed by atoms with Gasteiger partial charge < -0.3 is 19.1 Å². The quantitative estimate of drug-likeness (QED) is 0.751. The Labute approximate surface area is 153 Å². The third-order valence-electron chi connectivity index (χ3n) is 3.73. The molecule has 0 saturated heterocycles. The predicted octanol–water partition coefficient (Wildman–Crippen LogP) is 3.78.